The van der Waals surface area contributed by atoms with E-state index in [0.29, 0.717) is 0 Å². The summed E-state index contributed by atoms with van der Waals surface area (Å²) in [6, 6.07) is 4.05. The van der Waals surface area contributed by atoms with Crippen molar-refractivity contribution in [2.45, 2.75) is 6.92 Å². The monoisotopic (exact) mass is 214 g/mol. The van der Waals surface area contributed by atoms with E-state index in [-0.39, 0.29) is 5.24 Å². The lowest BCUT2D eigenvalue weighted by atomic mass is 9.90. The van der Waals surface area contributed by atoms with E-state index in [4.69, 9.17) is 9.47 Å². The van der Waals surface area contributed by atoms with Crippen molar-refractivity contribution in [1.82, 2.24) is 0 Å². The Bertz CT molecular complexity index is 328. The van der Waals surface area contributed by atoms with Crippen LogP contribution in [-0.2, 0) is 4.79 Å². The molecule has 0 unspecified atom stereocenters. The van der Waals surface area contributed by atoms with Gasteiger partial charge in [-0.1, -0.05) is 0 Å². The molecule has 0 radical (unpaired) electrons. The first-order valence-electron chi connectivity index (χ1n) is 4.03. The van der Waals surface area contributed by atoms with E-state index in [9.17, 15) is 4.79 Å². The van der Waals surface area contributed by atoms with Crippen LogP contribution in [0.5, 0.6) is 11.5 Å². The summed E-state index contributed by atoms with van der Waals surface area (Å²) in [6.07, 6.45) is 0. The number of carbonyl (C=O) groups is 1. The van der Waals surface area contributed by atoms with Crippen molar-refractivity contribution in [3.05, 3.63) is 12.1 Å². The summed E-state index contributed by atoms with van der Waals surface area (Å²) in [5.41, 5.74) is 2.39. The maximum atomic E-state index is 9.21. The molecule has 0 aromatic heterocycles. The molecule has 2 aliphatic carbocycles. The highest BCUT2D eigenvalue weighted by Gasteiger charge is 2.27. The van der Waals surface area contributed by atoms with Crippen LogP contribution in [0.1, 0.15) is 6.92 Å². The highest BCUT2D eigenvalue weighted by atomic mass is 35.5. The van der Waals surface area contributed by atoms with Crippen LogP contribution in [0, 0.1) is 0 Å². The van der Waals surface area contributed by atoms with Crippen LogP contribution in [0.2, 0.25) is 0 Å². The fraction of sp³-hybridized carbons (Fsp3) is 0.300. The molecule has 14 heavy (non-hydrogen) atoms. The van der Waals surface area contributed by atoms with Crippen LogP contribution >= 0.6 is 11.6 Å². The Balaban J connectivity index is 0.000000213. The molecule has 0 fully saturated rings. The van der Waals surface area contributed by atoms with Crippen LogP contribution in [0.15, 0.2) is 12.1 Å². The molecule has 2 rings (SSSR count). The number of ether oxygens (including phenoxy) is 2. The van der Waals surface area contributed by atoms with Gasteiger partial charge in [0.05, 0.1) is 14.2 Å². The van der Waals surface area contributed by atoms with Crippen molar-refractivity contribution < 1.29 is 14.3 Å². The van der Waals surface area contributed by atoms with Crippen LogP contribution in [-0.4, -0.2) is 19.5 Å². The number of hydrogen-bond donors (Lipinski definition) is 0. The number of halogens is 1. The molecule has 0 N–H and O–H groups in total. The fourth-order valence-corrected chi connectivity index (χ4v) is 1.23. The maximum absolute atomic E-state index is 9.21. The minimum Gasteiger partial charge on any atom is -0.492 e. The summed E-state index contributed by atoms with van der Waals surface area (Å²) in [5.74, 6) is 1.78. The number of benzene rings is 1. The highest BCUT2D eigenvalue weighted by molar-refractivity contribution is 6.62. The molecule has 0 spiro atoms. The van der Waals surface area contributed by atoms with Gasteiger partial charge in [0.15, 0.2) is 11.5 Å². The molecule has 0 saturated carbocycles. The Kier molecular flexibility index (Phi) is 3.36. The summed E-state index contributed by atoms with van der Waals surface area (Å²) >= 11 is 4.64. The molecule has 0 aromatic rings. The first-order chi connectivity index (χ1) is 6.61. The van der Waals surface area contributed by atoms with Crippen LogP contribution in [0.25, 0.3) is 11.1 Å². The van der Waals surface area contributed by atoms with Crippen molar-refractivity contribution in [2.75, 3.05) is 14.2 Å². The smallest absolute Gasteiger partial charge is 0.218 e. The lowest BCUT2D eigenvalue weighted by molar-refractivity contribution is -0.109. The van der Waals surface area contributed by atoms with Crippen molar-refractivity contribution in [3.8, 4) is 22.6 Å². The van der Waals surface area contributed by atoms with Gasteiger partial charge in [-0.3, -0.25) is 4.79 Å². The Morgan fingerprint density at radius 3 is 1.57 bits per heavy atom. The van der Waals surface area contributed by atoms with Crippen molar-refractivity contribution >= 4 is 16.8 Å². The van der Waals surface area contributed by atoms with E-state index in [1.54, 1.807) is 14.2 Å². The second-order valence-electron chi connectivity index (χ2n) is 2.70. The minimum absolute atomic E-state index is 0.361. The fourth-order valence-electron chi connectivity index (χ4n) is 1.23. The Labute approximate surface area is 87.6 Å². The van der Waals surface area contributed by atoms with Gasteiger partial charge in [-0.25, -0.2) is 0 Å². The van der Waals surface area contributed by atoms with Gasteiger partial charge in [0.1, 0.15) is 0 Å². The first kappa shape index (κ1) is 10.9. The second kappa shape index (κ2) is 4.33. The summed E-state index contributed by atoms with van der Waals surface area (Å²) in [5, 5.41) is -0.361. The molecule has 0 atom stereocenters. The third-order valence-electron chi connectivity index (χ3n) is 1.81. The molecule has 0 bridgehead atoms. The SMILES string of the molecule is CC(=O)Cl.COc1c2ccc-2c1OC. The maximum Gasteiger partial charge on any atom is 0.218 e. The van der Waals surface area contributed by atoms with E-state index in [0.717, 1.165) is 11.5 Å². The van der Waals surface area contributed by atoms with E-state index < -0.39 is 0 Å². The van der Waals surface area contributed by atoms with Gasteiger partial charge >= 0.3 is 0 Å². The van der Waals surface area contributed by atoms with Crippen LogP contribution in [0.3, 0.4) is 0 Å². The molecule has 3 nitrogen and oxygen atoms in total. The number of carbonyl (C=O) groups excluding carboxylic acids is 1. The van der Waals surface area contributed by atoms with Crippen molar-refractivity contribution in [1.29, 1.82) is 0 Å². The van der Waals surface area contributed by atoms with Gasteiger partial charge in [0.25, 0.3) is 0 Å². The largest absolute Gasteiger partial charge is 0.492 e. The van der Waals surface area contributed by atoms with Crippen LogP contribution in [0.4, 0.5) is 0 Å². The zero-order valence-corrected chi connectivity index (χ0v) is 9.01. The molecular weight excluding hydrogens is 204 g/mol. The Morgan fingerprint density at radius 2 is 1.43 bits per heavy atom. The molecule has 0 heterocycles. The topological polar surface area (TPSA) is 35.5 Å². The predicted molar refractivity (Wildman–Crippen MR) is 55.1 cm³/mol. The quantitative estimate of drug-likeness (QED) is 0.721. The zero-order chi connectivity index (χ0) is 10.7. The summed E-state index contributed by atoms with van der Waals surface area (Å²) in [6.45, 7) is 1.29. The second-order valence-corrected chi connectivity index (χ2v) is 3.23. The standard InChI is InChI=1S/C8H8O2.C2H3ClO/c1-9-7-5-3-4-6(5)8(7)10-2;1-2(3)4/h3-4H,1-2H3;1H3. The normalized spacial score (nSPS) is 9.71. The van der Waals surface area contributed by atoms with Crippen LogP contribution < -0.4 is 9.47 Å². The van der Waals surface area contributed by atoms with E-state index in [1.807, 2.05) is 12.1 Å². The van der Waals surface area contributed by atoms with E-state index >= 15 is 0 Å². The highest BCUT2D eigenvalue weighted by Crippen LogP contribution is 2.54. The molecule has 0 aliphatic heterocycles. The van der Waals surface area contributed by atoms with Crippen molar-refractivity contribution in [2.24, 2.45) is 0 Å². The van der Waals surface area contributed by atoms with Gasteiger partial charge < -0.3 is 9.47 Å². The number of hydrogen-bond acceptors (Lipinski definition) is 3. The molecule has 0 aromatic carbocycles. The van der Waals surface area contributed by atoms with E-state index in [1.165, 1.54) is 18.1 Å². The average molecular weight is 215 g/mol. The van der Waals surface area contributed by atoms with Gasteiger partial charge in [-0.2, -0.15) is 0 Å². The average Bonchev–Trinajstić information content (AvgIpc) is 2.06. The molecular formula is C10H11ClO3. The number of methoxy groups -OCH3 is 2. The minimum atomic E-state index is -0.361. The summed E-state index contributed by atoms with van der Waals surface area (Å²) in [7, 11) is 3.31. The molecule has 76 valence electrons. The number of rotatable bonds is 2. The molecule has 2 aliphatic rings. The third kappa shape index (κ3) is 1.82. The Hall–Kier alpha value is -1.22. The lowest BCUT2D eigenvalue weighted by Crippen LogP contribution is -2.03. The van der Waals surface area contributed by atoms with E-state index in [2.05, 4.69) is 11.6 Å². The predicted octanol–water partition coefficient (Wildman–Crippen LogP) is 2.46. The molecule has 0 saturated heterocycles. The molecule has 4 heteroatoms. The van der Waals surface area contributed by atoms with Gasteiger partial charge in [-0.15, -0.1) is 0 Å². The van der Waals surface area contributed by atoms with Gasteiger partial charge in [0.2, 0.25) is 5.24 Å². The molecule has 0 amide bonds. The number of fused-ring (bicyclic) bond motifs is 1. The lowest BCUT2D eigenvalue weighted by Gasteiger charge is -2.24. The first-order valence-corrected chi connectivity index (χ1v) is 4.41. The third-order valence-corrected chi connectivity index (χ3v) is 1.81. The summed E-state index contributed by atoms with van der Waals surface area (Å²) in [4.78, 5) is 9.21. The van der Waals surface area contributed by atoms with Gasteiger partial charge in [-0.05, 0) is 23.7 Å². The summed E-state index contributed by atoms with van der Waals surface area (Å²) < 4.78 is 10.1. The zero-order valence-electron chi connectivity index (χ0n) is 8.26. The van der Waals surface area contributed by atoms with Gasteiger partial charge in [0, 0.05) is 18.1 Å². The Morgan fingerprint density at radius 1 is 1.14 bits per heavy atom. The van der Waals surface area contributed by atoms with Crippen molar-refractivity contribution in [3.63, 3.8) is 0 Å².